The molecule has 4 aromatic rings. The molecule has 2 aromatic heterocycles. The predicted molar refractivity (Wildman–Crippen MR) is 118 cm³/mol. The summed E-state index contributed by atoms with van der Waals surface area (Å²) in [7, 11) is 1.52. The summed E-state index contributed by atoms with van der Waals surface area (Å²) in [6, 6.07) is 10.7. The van der Waals surface area contributed by atoms with Crippen LogP contribution in [0.15, 0.2) is 48.8 Å². The minimum absolute atomic E-state index is 0.0108. The van der Waals surface area contributed by atoms with Gasteiger partial charge in [-0.15, -0.1) is 0 Å². The zero-order chi connectivity index (χ0) is 21.8. The molecule has 0 spiro atoms. The Morgan fingerprint density at radius 1 is 1.13 bits per heavy atom. The highest BCUT2D eigenvalue weighted by atomic mass is 35.5. The van der Waals surface area contributed by atoms with Gasteiger partial charge in [-0.2, -0.15) is 10.1 Å². The van der Waals surface area contributed by atoms with E-state index in [9.17, 15) is 4.39 Å². The van der Waals surface area contributed by atoms with Gasteiger partial charge in [-0.05, 0) is 42.8 Å². The van der Waals surface area contributed by atoms with Crippen LogP contribution in [-0.4, -0.2) is 38.6 Å². The number of anilines is 4. The fourth-order valence-electron chi connectivity index (χ4n) is 3.09. The maximum absolute atomic E-state index is 14.3. The van der Waals surface area contributed by atoms with Crippen molar-refractivity contribution in [1.29, 1.82) is 0 Å². The quantitative estimate of drug-likeness (QED) is 0.369. The van der Waals surface area contributed by atoms with Gasteiger partial charge in [0.25, 0.3) is 0 Å². The van der Waals surface area contributed by atoms with Gasteiger partial charge in [-0.25, -0.2) is 9.37 Å². The largest absolute Gasteiger partial charge is 0.495 e. The summed E-state index contributed by atoms with van der Waals surface area (Å²) in [4.78, 5) is 8.24. The summed E-state index contributed by atoms with van der Waals surface area (Å²) < 4.78 is 21.2. The molecule has 3 N–H and O–H groups in total. The number of aryl methyl sites for hydroxylation is 1. The Bertz CT molecular complexity index is 1220. The molecular formula is C21H20ClFN6O2. The van der Waals surface area contributed by atoms with E-state index in [4.69, 9.17) is 21.4 Å². The Morgan fingerprint density at radius 3 is 2.71 bits per heavy atom. The molecule has 0 bridgehead atoms. The van der Waals surface area contributed by atoms with Gasteiger partial charge in [0.05, 0.1) is 30.0 Å². The van der Waals surface area contributed by atoms with Crippen LogP contribution in [0.3, 0.4) is 0 Å². The van der Waals surface area contributed by atoms with Crippen LogP contribution in [0.25, 0.3) is 10.9 Å². The molecule has 0 aliphatic rings. The van der Waals surface area contributed by atoms with Crippen LogP contribution in [-0.2, 0) is 6.54 Å². The third-order valence-electron chi connectivity index (χ3n) is 4.58. The van der Waals surface area contributed by atoms with E-state index < -0.39 is 5.82 Å². The van der Waals surface area contributed by atoms with Crippen LogP contribution in [0.5, 0.6) is 5.75 Å². The molecule has 0 saturated carbocycles. The fourth-order valence-corrected chi connectivity index (χ4v) is 3.35. The van der Waals surface area contributed by atoms with E-state index in [1.165, 1.54) is 7.11 Å². The fraction of sp³-hybridized carbons (Fsp3) is 0.190. The zero-order valence-electron chi connectivity index (χ0n) is 16.6. The number of nitrogens with one attached hydrogen (secondary N) is 2. The summed E-state index contributed by atoms with van der Waals surface area (Å²) in [6.07, 6.45) is 3.48. The molecular weight excluding hydrogens is 423 g/mol. The number of fused-ring (bicyclic) bond motifs is 1. The van der Waals surface area contributed by atoms with Crippen LogP contribution >= 0.6 is 11.6 Å². The van der Waals surface area contributed by atoms with Crippen molar-refractivity contribution < 1.29 is 14.2 Å². The van der Waals surface area contributed by atoms with Gasteiger partial charge in [-0.1, -0.05) is 11.6 Å². The second-order valence-electron chi connectivity index (χ2n) is 6.71. The molecule has 31 heavy (non-hydrogen) atoms. The van der Waals surface area contributed by atoms with E-state index in [1.54, 1.807) is 24.4 Å². The van der Waals surface area contributed by atoms with Crippen LogP contribution in [0, 0.1) is 5.82 Å². The highest BCUT2D eigenvalue weighted by Gasteiger charge is 2.10. The van der Waals surface area contributed by atoms with E-state index in [1.807, 2.05) is 22.9 Å². The van der Waals surface area contributed by atoms with E-state index in [2.05, 4.69) is 25.7 Å². The second kappa shape index (κ2) is 9.15. The molecule has 160 valence electrons. The summed E-state index contributed by atoms with van der Waals surface area (Å²) in [5.41, 5.74) is 2.25. The number of nitrogens with zero attached hydrogens (tertiary/aromatic N) is 4. The molecule has 4 rings (SSSR count). The number of halogens is 2. The summed E-state index contributed by atoms with van der Waals surface area (Å²) >= 11 is 6.13. The van der Waals surface area contributed by atoms with Crippen LogP contribution < -0.4 is 15.4 Å². The van der Waals surface area contributed by atoms with E-state index in [0.29, 0.717) is 29.4 Å². The Hall–Kier alpha value is -3.43. The van der Waals surface area contributed by atoms with Crippen molar-refractivity contribution in [1.82, 2.24) is 19.7 Å². The molecule has 0 saturated heterocycles. The van der Waals surface area contributed by atoms with Crippen molar-refractivity contribution in [3.05, 3.63) is 59.6 Å². The van der Waals surface area contributed by atoms with E-state index in [0.717, 1.165) is 22.8 Å². The SMILES string of the molecule is COc1ccc(Nc2nc(Nc3ccc4c(cnn4CCCO)c3)ncc2F)cc1Cl. The number of hydrogen-bond donors (Lipinski definition) is 3. The van der Waals surface area contributed by atoms with Crippen LogP contribution in [0.1, 0.15) is 6.42 Å². The van der Waals surface area contributed by atoms with Crippen molar-refractivity contribution in [3.8, 4) is 5.75 Å². The molecule has 8 nitrogen and oxygen atoms in total. The summed E-state index contributed by atoms with van der Waals surface area (Å²) in [5.74, 6) is 0.165. The normalized spacial score (nSPS) is 11.0. The number of hydrogen-bond acceptors (Lipinski definition) is 7. The van der Waals surface area contributed by atoms with Gasteiger partial charge in [0.1, 0.15) is 5.75 Å². The Balaban J connectivity index is 1.53. The first-order valence-corrected chi connectivity index (χ1v) is 9.91. The molecule has 0 unspecified atom stereocenters. The Kier molecular flexibility index (Phi) is 6.15. The molecule has 0 amide bonds. The molecule has 0 radical (unpaired) electrons. The monoisotopic (exact) mass is 442 g/mol. The Morgan fingerprint density at radius 2 is 1.94 bits per heavy atom. The maximum atomic E-state index is 14.3. The first-order chi connectivity index (χ1) is 15.1. The van der Waals surface area contributed by atoms with Crippen molar-refractivity contribution in [2.45, 2.75) is 13.0 Å². The molecule has 10 heteroatoms. The molecule has 0 aliphatic heterocycles. The lowest BCUT2D eigenvalue weighted by Crippen LogP contribution is -2.03. The zero-order valence-corrected chi connectivity index (χ0v) is 17.4. The van der Waals surface area contributed by atoms with Crippen LogP contribution in [0.4, 0.5) is 27.5 Å². The number of aromatic nitrogens is 4. The van der Waals surface area contributed by atoms with Gasteiger partial charge in [0, 0.05) is 29.9 Å². The van der Waals surface area contributed by atoms with Gasteiger partial charge in [0.2, 0.25) is 5.95 Å². The average Bonchev–Trinajstić information content (AvgIpc) is 3.17. The summed E-state index contributed by atoms with van der Waals surface area (Å²) in [5, 5.41) is 20.7. The van der Waals surface area contributed by atoms with Crippen molar-refractivity contribution in [3.63, 3.8) is 0 Å². The lowest BCUT2D eigenvalue weighted by molar-refractivity contribution is 0.278. The lowest BCUT2D eigenvalue weighted by Gasteiger charge is -2.11. The van der Waals surface area contributed by atoms with Crippen molar-refractivity contribution in [2.24, 2.45) is 0 Å². The maximum Gasteiger partial charge on any atom is 0.229 e. The van der Waals surface area contributed by atoms with Gasteiger partial charge < -0.3 is 20.5 Å². The number of methoxy groups -OCH3 is 1. The second-order valence-corrected chi connectivity index (χ2v) is 7.12. The number of aliphatic hydroxyl groups excluding tert-OH is 1. The third kappa shape index (κ3) is 4.68. The van der Waals surface area contributed by atoms with E-state index in [-0.39, 0.29) is 18.4 Å². The first kappa shape index (κ1) is 20.8. The predicted octanol–water partition coefficient (Wildman–Crippen LogP) is 4.50. The minimum atomic E-state index is -0.599. The Labute approximate surface area is 182 Å². The average molecular weight is 443 g/mol. The standard InChI is InChI=1S/C21H20ClFN6O2/c1-31-19-6-4-15(10-16(19)22)26-20-17(23)12-24-21(28-20)27-14-3-5-18-13(9-14)11-25-29(18)7-2-8-30/h3-6,9-12,30H,2,7-8H2,1H3,(H2,24,26,27,28). The topological polar surface area (TPSA) is 97.1 Å². The first-order valence-electron chi connectivity index (χ1n) is 9.54. The lowest BCUT2D eigenvalue weighted by atomic mass is 10.2. The van der Waals surface area contributed by atoms with Gasteiger partial charge in [-0.3, -0.25) is 4.68 Å². The molecule has 0 atom stereocenters. The van der Waals surface area contributed by atoms with Crippen molar-refractivity contribution in [2.75, 3.05) is 24.4 Å². The van der Waals surface area contributed by atoms with Crippen LogP contribution in [0.2, 0.25) is 5.02 Å². The molecule has 0 aliphatic carbocycles. The van der Waals surface area contributed by atoms with Gasteiger partial charge >= 0.3 is 0 Å². The number of ether oxygens (including phenoxy) is 1. The number of aliphatic hydroxyl groups is 1. The van der Waals surface area contributed by atoms with Crippen molar-refractivity contribution >= 4 is 45.6 Å². The molecule has 0 fully saturated rings. The van der Waals surface area contributed by atoms with Gasteiger partial charge in [0.15, 0.2) is 11.6 Å². The smallest absolute Gasteiger partial charge is 0.229 e. The molecule has 2 heterocycles. The highest BCUT2D eigenvalue weighted by Crippen LogP contribution is 2.29. The van der Waals surface area contributed by atoms with E-state index >= 15 is 0 Å². The summed E-state index contributed by atoms with van der Waals surface area (Å²) in [6.45, 7) is 0.750. The third-order valence-corrected chi connectivity index (χ3v) is 4.88. The number of benzene rings is 2. The highest BCUT2D eigenvalue weighted by molar-refractivity contribution is 6.32. The molecule has 2 aromatic carbocycles. The minimum Gasteiger partial charge on any atom is -0.495 e. The number of rotatable bonds is 8.